The van der Waals surface area contributed by atoms with E-state index in [1.165, 1.54) is 19.1 Å². The van der Waals surface area contributed by atoms with Crippen LogP contribution in [0.25, 0.3) is 0 Å². The average Bonchev–Trinajstić information content (AvgIpc) is 2.50. The lowest BCUT2D eigenvalue weighted by Gasteiger charge is -2.28. The van der Waals surface area contributed by atoms with Gasteiger partial charge in [0, 0.05) is 0 Å². The largest absolute Gasteiger partial charge is 0.449 e. The Hall–Kier alpha value is -1.48. The number of carbonyl (C=O) groups excluding carboxylic acids is 2. The zero-order valence-corrected chi connectivity index (χ0v) is 15.9. The molecule has 0 fully saturated rings. The molecule has 0 aliphatic carbocycles. The molecular formula is C16H17Cl3N2O3. The molecule has 0 saturated heterocycles. The molecule has 8 heteroatoms. The van der Waals surface area contributed by atoms with Gasteiger partial charge in [-0.3, -0.25) is 4.79 Å². The van der Waals surface area contributed by atoms with Gasteiger partial charge in [-0.05, 0) is 31.9 Å². The number of hydrogen-bond acceptors (Lipinski definition) is 4. The van der Waals surface area contributed by atoms with Crippen molar-refractivity contribution >= 4 is 46.7 Å². The first-order valence-electron chi connectivity index (χ1n) is 7.11. The minimum atomic E-state index is -1.14. The number of rotatable bonds is 5. The standard InChI is InChI=1S/C16H17Cl3N2O3/c1-8(2)16(4,7-20)21-14(22)9(3)24-15(23)12-10(17)5-6-11(18)13(12)19/h5-6,8-9H,1-4H3,(H,21,22)/t9-,16-/m0/s1. The van der Waals surface area contributed by atoms with E-state index in [9.17, 15) is 14.9 Å². The number of esters is 1. The Bertz CT molecular complexity index is 701. The van der Waals surface area contributed by atoms with E-state index in [4.69, 9.17) is 39.5 Å². The molecule has 0 radical (unpaired) electrons. The first kappa shape index (κ1) is 20.6. The number of hydrogen-bond donors (Lipinski definition) is 1. The summed E-state index contributed by atoms with van der Waals surface area (Å²) in [6.07, 6.45) is -1.14. The molecule has 0 spiro atoms. The van der Waals surface area contributed by atoms with Crippen LogP contribution in [-0.2, 0) is 9.53 Å². The smallest absolute Gasteiger partial charge is 0.342 e. The van der Waals surface area contributed by atoms with Crippen molar-refractivity contribution in [2.24, 2.45) is 5.92 Å². The van der Waals surface area contributed by atoms with Crippen molar-refractivity contribution in [1.82, 2.24) is 5.32 Å². The van der Waals surface area contributed by atoms with Crippen LogP contribution in [0.3, 0.4) is 0 Å². The highest BCUT2D eigenvalue weighted by atomic mass is 35.5. The van der Waals surface area contributed by atoms with Crippen molar-refractivity contribution in [3.05, 3.63) is 32.8 Å². The SMILES string of the molecule is CC(C)[C@](C)(C#N)NC(=O)[C@H](C)OC(=O)c1c(Cl)ccc(Cl)c1Cl. The summed E-state index contributed by atoms with van der Waals surface area (Å²) in [5, 5.41) is 11.9. The van der Waals surface area contributed by atoms with Crippen LogP contribution < -0.4 is 5.32 Å². The molecule has 0 saturated carbocycles. The van der Waals surface area contributed by atoms with Gasteiger partial charge in [0.1, 0.15) is 5.54 Å². The number of ether oxygens (including phenoxy) is 1. The number of carbonyl (C=O) groups is 2. The number of nitriles is 1. The van der Waals surface area contributed by atoms with E-state index in [0.717, 1.165) is 0 Å². The number of nitrogens with one attached hydrogen (secondary N) is 1. The maximum absolute atomic E-state index is 12.2. The topological polar surface area (TPSA) is 79.2 Å². The number of nitrogens with zero attached hydrogens (tertiary/aromatic N) is 1. The molecule has 1 aromatic rings. The van der Waals surface area contributed by atoms with Crippen LogP contribution in [0.4, 0.5) is 0 Å². The lowest BCUT2D eigenvalue weighted by molar-refractivity contribution is -0.130. The first-order valence-corrected chi connectivity index (χ1v) is 8.24. The van der Waals surface area contributed by atoms with Gasteiger partial charge in [-0.25, -0.2) is 4.79 Å². The van der Waals surface area contributed by atoms with Gasteiger partial charge in [0.25, 0.3) is 5.91 Å². The van der Waals surface area contributed by atoms with Gasteiger partial charge < -0.3 is 10.1 Å². The summed E-state index contributed by atoms with van der Waals surface area (Å²) in [5.41, 5.74) is -1.19. The molecular weight excluding hydrogens is 375 g/mol. The third kappa shape index (κ3) is 4.54. The van der Waals surface area contributed by atoms with E-state index in [1.807, 2.05) is 6.07 Å². The van der Waals surface area contributed by atoms with Gasteiger partial charge in [-0.2, -0.15) is 5.26 Å². The minimum absolute atomic E-state index is 0.0502. The molecule has 0 aromatic heterocycles. The Labute approximate surface area is 155 Å². The summed E-state index contributed by atoms with van der Waals surface area (Å²) in [7, 11) is 0. The Morgan fingerprint density at radius 3 is 2.25 bits per heavy atom. The van der Waals surface area contributed by atoms with E-state index in [0.29, 0.717) is 0 Å². The van der Waals surface area contributed by atoms with E-state index in [2.05, 4.69) is 5.32 Å². The van der Waals surface area contributed by atoms with Crippen molar-refractivity contribution in [3.8, 4) is 6.07 Å². The molecule has 1 aromatic carbocycles. The lowest BCUT2D eigenvalue weighted by atomic mass is 9.90. The van der Waals surface area contributed by atoms with E-state index in [1.54, 1.807) is 20.8 Å². The van der Waals surface area contributed by atoms with Crippen molar-refractivity contribution in [2.45, 2.75) is 39.3 Å². The van der Waals surface area contributed by atoms with Crippen molar-refractivity contribution in [2.75, 3.05) is 0 Å². The average molecular weight is 392 g/mol. The Morgan fingerprint density at radius 2 is 1.75 bits per heavy atom. The summed E-state index contributed by atoms with van der Waals surface area (Å²) in [6.45, 7) is 6.57. The fourth-order valence-corrected chi connectivity index (χ4v) is 2.33. The maximum atomic E-state index is 12.2. The van der Waals surface area contributed by atoms with E-state index < -0.39 is 23.5 Å². The zero-order valence-electron chi connectivity index (χ0n) is 13.6. The highest BCUT2D eigenvalue weighted by molar-refractivity contribution is 6.46. The monoisotopic (exact) mass is 390 g/mol. The fourth-order valence-electron chi connectivity index (χ4n) is 1.65. The summed E-state index contributed by atoms with van der Waals surface area (Å²) < 4.78 is 5.10. The van der Waals surface area contributed by atoms with E-state index in [-0.39, 0.29) is 26.5 Å². The molecule has 130 valence electrons. The van der Waals surface area contributed by atoms with Gasteiger partial charge in [-0.15, -0.1) is 0 Å². The van der Waals surface area contributed by atoms with E-state index >= 15 is 0 Å². The molecule has 0 aliphatic heterocycles. The summed E-state index contributed by atoms with van der Waals surface area (Å²) in [6, 6.07) is 4.89. The molecule has 0 bridgehead atoms. The van der Waals surface area contributed by atoms with Crippen LogP contribution in [-0.4, -0.2) is 23.5 Å². The third-order valence-electron chi connectivity index (χ3n) is 3.67. The molecule has 0 aliphatic rings. The van der Waals surface area contributed by atoms with Crippen LogP contribution in [0, 0.1) is 17.2 Å². The molecule has 2 atom stereocenters. The Morgan fingerprint density at radius 1 is 1.21 bits per heavy atom. The number of halogens is 3. The molecule has 1 rings (SSSR count). The predicted molar refractivity (Wildman–Crippen MR) is 93.3 cm³/mol. The second-order valence-electron chi connectivity index (χ2n) is 5.72. The summed E-state index contributed by atoms with van der Waals surface area (Å²) >= 11 is 17.8. The van der Waals surface area contributed by atoms with Gasteiger partial charge in [0.2, 0.25) is 0 Å². The lowest BCUT2D eigenvalue weighted by Crippen LogP contribution is -2.52. The predicted octanol–water partition coefficient (Wildman–Crippen LogP) is 4.25. The fraction of sp³-hybridized carbons (Fsp3) is 0.438. The zero-order chi connectivity index (χ0) is 18.7. The van der Waals surface area contributed by atoms with Crippen LogP contribution in [0.2, 0.25) is 15.1 Å². The van der Waals surface area contributed by atoms with Crippen molar-refractivity contribution in [3.63, 3.8) is 0 Å². The van der Waals surface area contributed by atoms with Crippen molar-refractivity contribution in [1.29, 1.82) is 5.26 Å². The van der Waals surface area contributed by atoms with Crippen molar-refractivity contribution < 1.29 is 14.3 Å². The van der Waals surface area contributed by atoms with Crippen LogP contribution >= 0.6 is 34.8 Å². The minimum Gasteiger partial charge on any atom is -0.449 e. The van der Waals surface area contributed by atoms with Gasteiger partial charge in [-0.1, -0.05) is 48.7 Å². The van der Waals surface area contributed by atoms with Gasteiger partial charge in [0.15, 0.2) is 6.10 Å². The van der Waals surface area contributed by atoms with Gasteiger partial charge >= 0.3 is 5.97 Å². The first-order chi connectivity index (χ1) is 11.0. The highest BCUT2D eigenvalue weighted by Gasteiger charge is 2.33. The Balaban J connectivity index is 2.91. The summed E-state index contributed by atoms with van der Waals surface area (Å²) in [4.78, 5) is 24.4. The van der Waals surface area contributed by atoms with Crippen LogP contribution in [0.5, 0.6) is 0 Å². The van der Waals surface area contributed by atoms with Crippen LogP contribution in [0.15, 0.2) is 12.1 Å². The Kier molecular flexibility index (Phi) is 6.91. The molecule has 1 N–H and O–H groups in total. The molecule has 0 unspecified atom stereocenters. The van der Waals surface area contributed by atoms with Crippen LogP contribution in [0.1, 0.15) is 38.1 Å². The molecule has 24 heavy (non-hydrogen) atoms. The molecule has 5 nitrogen and oxygen atoms in total. The van der Waals surface area contributed by atoms with Gasteiger partial charge in [0.05, 0.1) is 26.7 Å². The number of amides is 1. The quantitative estimate of drug-likeness (QED) is 0.601. The third-order valence-corrected chi connectivity index (χ3v) is 4.79. The second-order valence-corrected chi connectivity index (χ2v) is 6.92. The maximum Gasteiger partial charge on any atom is 0.342 e. The second kappa shape index (κ2) is 8.06. The molecule has 1 amide bonds. The highest BCUT2D eigenvalue weighted by Crippen LogP contribution is 2.32. The molecule has 0 heterocycles. The summed E-state index contributed by atoms with van der Waals surface area (Å²) in [5.74, 6) is -1.61. The normalized spacial score (nSPS) is 14.5. The number of benzene rings is 1.